The van der Waals surface area contributed by atoms with Crippen molar-refractivity contribution in [2.75, 3.05) is 13.7 Å². The van der Waals surface area contributed by atoms with Crippen LogP contribution < -0.4 is 10.1 Å². The highest BCUT2D eigenvalue weighted by Gasteiger charge is 2.41. The molecule has 3 rings (SSSR count). The van der Waals surface area contributed by atoms with Crippen LogP contribution in [-0.2, 0) is 0 Å². The van der Waals surface area contributed by atoms with Gasteiger partial charge in [0.1, 0.15) is 12.4 Å². The largest absolute Gasteiger partial charge is 0.490 e. The molecule has 0 unspecified atom stereocenters. The summed E-state index contributed by atoms with van der Waals surface area (Å²) in [5.74, 6) is 0.776. The number of nitrogens with one attached hydrogen (secondary N) is 1. The molecular weight excluding hydrogens is 333 g/mol. The molecule has 0 radical (unpaired) electrons. The summed E-state index contributed by atoms with van der Waals surface area (Å²) in [6.07, 6.45) is 5.86. The minimum absolute atomic E-state index is 0. The van der Waals surface area contributed by atoms with Crippen LogP contribution in [0.2, 0.25) is 0 Å². The van der Waals surface area contributed by atoms with Crippen molar-refractivity contribution in [1.82, 2.24) is 10.3 Å². The highest BCUT2D eigenvalue weighted by molar-refractivity contribution is 5.85. The molecule has 122 valence electrons. The van der Waals surface area contributed by atoms with Crippen LogP contribution in [0, 0.1) is 11.3 Å². The fourth-order valence-corrected chi connectivity index (χ4v) is 2.23. The van der Waals surface area contributed by atoms with Gasteiger partial charge in [-0.2, -0.15) is 5.26 Å². The number of rotatable bonds is 5. The molecular formula is C17H19Cl2N3O. The first-order valence-corrected chi connectivity index (χ1v) is 7.02. The zero-order chi connectivity index (χ0) is 14.7. The van der Waals surface area contributed by atoms with Crippen molar-refractivity contribution in [3.05, 3.63) is 48.3 Å². The average molecular weight is 352 g/mol. The van der Waals surface area contributed by atoms with E-state index in [9.17, 15) is 0 Å². The van der Waals surface area contributed by atoms with Gasteiger partial charge in [-0.25, -0.2) is 0 Å². The van der Waals surface area contributed by atoms with Crippen molar-refractivity contribution >= 4 is 24.8 Å². The average Bonchev–Trinajstić information content (AvgIpc) is 3.34. The molecule has 0 atom stereocenters. The fraction of sp³-hybridized carbons (Fsp3) is 0.294. The number of aromatic nitrogens is 1. The maximum Gasteiger partial charge on any atom is 0.138 e. The number of ether oxygens (including phenoxy) is 1. The topological polar surface area (TPSA) is 57.9 Å². The quantitative estimate of drug-likeness (QED) is 0.893. The van der Waals surface area contributed by atoms with Crippen molar-refractivity contribution in [2.45, 2.75) is 18.4 Å². The third-order valence-electron chi connectivity index (χ3n) is 3.96. The van der Waals surface area contributed by atoms with Crippen molar-refractivity contribution < 1.29 is 4.74 Å². The van der Waals surface area contributed by atoms with E-state index in [-0.39, 0.29) is 30.4 Å². The summed E-state index contributed by atoms with van der Waals surface area (Å²) in [5.41, 5.74) is 2.83. The van der Waals surface area contributed by atoms with Crippen LogP contribution in [0.25, 0.3) is 11.1 Å². The molecule has 23 heavy (non-hydrogen) atoms. The predicted molar refractivity (Wildman–Crippen MR) is 95.4 cm³/mol. The number of halogens is 2. The Bertz CT molecular complexity index is 679. The molecule has 1 aromatic heterocycles. The van der Waals surface area contributed by atoms with Gasteiger partial charge in [0.05, 0.1) is 23.4 Å². The summed E-state index contributed by atoms with van der Waals surface area (Å²) >= 11 is 0. The molecule has 2 aromatic rings. The van der Waals surface area contributed by atoms with Crippen molar-refractivity contribution in [3.8, 4) is 22.9 Å². The third kappa shape index (κ3) is 4.59. The summed E-state index contributed by atoms with van der Waals surface area (Å²) in [6, 6.07) is 11.6. The van der Waals surface area contributed by atoms with E-state index < -0.39 is 0 Å². The Balaban J connectivity index is 0.00000132. The molecule has 4 nitrogen and oxygen atoms in total. The predicted octanol–water partition coefficient (Wildman–Crippen LogP) is 3.59. The molecule has 1 heterocycles. The second-order valence-electron chi connectivity index (χ2n) is 5.42. The Labute approximate surface area is 148 Å². The molecule has 0 spiro atoms. The monoisotopic (exact) mass is 351 g/mol. The van der Waals surface area contributed by atoms with E-state index in [0.29, 0.717) is 12.2 Å². The summed E-state index contributed by atoms with van der Waals surface area (Å²) in [6.45, 7) is 0.669. The number of hydrogen-bond acceptors (Lipinski definition) is 4. The van der Waals surface area contributed by atoms with Crippen LogP contribution in [-0.4, -0.2) is 24.2 Å². The van der Waals surface area contributed by atoms with Crippen LogP contribution in [0.5, 0.6) is 5.75 Å². The van der Waals surface area contributed by atoms with Gasteiger partial charge in [0.2, 0.25) is 0 Å². The first kappa shape index (κ1) is 19.2. The van der Waals surface area contributed by atoms with E-state index in [1.807, 2.05) is 37.4 Å². The maximum atomic E-state index is 8.83. The van der Waals surface area contributed by atoms with Gasteiger partial charge in [-0.1, -0.05) is 12.1 Å². The normalized spacial score (nSPS) is 13.9. The number of nitriles is 1. The molecule has 1 aliphatic rings. The molecule has 1 N–H and O–H groups in total. The zero-order valence-corrected chi connectivity index (χ0v) is 14.4. The summed E-state index contributed by atoms with van der Waals surface area (Å²) in [4.78, 5) is 4.24. The van der Waals surface area contributed by atoms with Crippen molar-refractivity contribution in [3.63, 3.8) is 0 Å². The molecule has 1 fully saturated rings. The Kier molecular flexibility index (Phi) is 6.83. The van der Waals surface area contributed by atoms with Gasteiger partial charge in [0.15, 0.2) is 0 Å². The van der Waals surface area contributed by atoms with E-state index in [2.05, 4.69) is 16.4 Å². The van der Waals surface area contributed by atoms with Gasteiger partial charge in [-0.05, 0) is 43.7 Å². The Morgan fingerprint density at radius 2 is 1.87 bits per heavy atom. The molecule has 0 saturated heterocycles. The summed E-state index contributed by atoms with van der Waals surface area (Å²) < 4.78 is 5.85. The van der Waals surface area contributed by atoms with E-state index in [1.54, 1.807) is 12.4 Å². The molecule has 0 aliphatic heterocycles. The lowest BCUT2D eigenvalue weighted by Gasteiger charge is -2.15. The zero-order valence-electron chi connectivity index (χ0n) is 12.8. The molecule has 0 bridgehead atoms. The fourth-order valence-electron chi connectivity index (χ4n) is 2.23. The second-order valence-corrected chi connectivity index (χ2v) is 5.42. The van der Waals surface area contributed by atoms with Gasteiger partial charge in [0.25, 0.3) is 0 Å². The van der Waals surface area contributed by atoms with Crippen LogP contribution in [0.15, 0.2) is 42.7 Å². The molecule has 1 aromatic carbocycles. The Morgan fingerprint density at radius 1 is 1.17 bits per heavy atom. The minimum Gasteiger partial charge on any atom is -0.490 e. The van der Waals surface area contributed by atoms with Crippen LogP contribution in [0.1, 0.15) is 18.4 Å². The van der Waals surface area contributed by atoms with E-state index in [1.165, 1.54) is 0 Å². The second kappa shape index (κ2) is 8.16. The third-order valence-corrected chi connectivity index (χ3v) is 3.96. The SMILES string of the molecule is CNC1(COc2cncc(-c3ccc(C#N)cc3)c2)CC1.Cl.Cl. The molecule has 1 saturated carbocycles. The Hall–Kier alpha value is -1.80. The summed E-state index contributed by atoms with van der Waals surface area (Å²) in [7, 11) is 1.97. The van der Waals surface area contributed by atoms with Crippen LogP contribution >= 0.6 is 24.8 Å². The number of likely N-dealkylation sites (N-methyl/N-ethyl adjacent to an activating group) is 1. The van der Waals surface area contributed by atoms with Crippen molar-refractivity contribution in [1.29, 1.82) is 5.26 Å². The maximum absolute atomic E-state index is 8.83. The van der Waals surface area contributed by atoms with Gasteiger partial charge in [0, 0.05) is 11.8 Å². The van der Waals surface area contributed by atoms with Crippen molar-refractivity contribution in [2.24, 2.45) is 0 Å². The first-order valence-electron chi connectivity index (χ1n) is 7.02. The number of benzene rings is 1. The summed E-state index contributed by atoms with van der Waals surface area (Å²) in [5, 5.41) is 12.1. The van der Waals surface area contributed by atoms with Gasteiger partial charge < -0.3 is 10.1 Å². The smallest absolute Gasteiger partial charge is 0.138 e. The molecule has 6 heteroatoms. The number of nitrogens with zero attached hydrogens (tertiary/aromatic N) is 2. The van der Waals surface area contributed by atoms with Gasteiger partial charge in [-0.3, -0.25) is 4.98 Å². The number of hydrogen-bond donors (Lipinski definition) is 1. The first-order chi connectivity index (χ1) is 10.2. The van der Waals surface area contributed by atoms with Gasteiger partial charge in [-0.15, -0.1) is 24.8 Å². The minimum atomic E-state index is 0. The highest BCUT2D eigenvalue weighted by Crippen LogP contribution is 2.35. The van der Waals surface area contributed by atoms with E-state index >= 15 is 0 Å². The Morgan fingerprint density at radius 3 is 2.43 bits per heavy atom. The standard InChI is InChI=1S/C17H17N3O.2ClH/c1-19-17(6-7-17)12-21-16-8-15(10-20-11-16)14-4-2-13(9-18)3-5-14;;/h2-5,8,10-11,19H,6-7,12H2,1H3;2*1H. The highest BCUT2D eigenvalue weighted by atomic mass is 35.5. The van der Waals surface area contributed by atoms with Crippen LogP contribution in [0.4, 0.5) is 0 Å². The number of pyridine rings is 1. The molecule has 1 aliphatic carbocycles. The van der Waals surface area contributed by atoms with Crippen LogP contribution in [0.3, 0.4) is 0 Å². The van der Waals surface area contributed by atoms with Gasteiger partial charge >= 0.3 is 0 Å². The lowest BCUT2D eigenvalue weighted by atomic mass is 10.1. The van der Waals surface area contributed by atoms with E-state index in [4.69, 9.17) is 10.00 Å². The molecule has 0 amide bonds. The lowest BCUT2D eigenvalue weighted by Crippen LogP contribution is -2.33. The lowest BCUT2D eigenvalue weighted by molar-refractivity contribution is 0.259. The van der Waals surface area contributed by atoms with E-state index in [0.717, 1.165) is 29.7 Å².